The lowest BCUT2D eigenvalue weighted by molar-refractivity contribution is 0.361. The molecule has 4 rings (SSSR count). The van der Waals surface area contributed by atoms with Gasteiger partial charge in [0.1, 0.15) is 5.82 Å². The predicted octanol–water partition coefficient (Wildman–Crippen LogP) is 4.05. The van der Waals surface area contributed by atoms with Gasteiger partial charge in [-0.2, -0.15) is 4.98 Å². The van der Waals surface area contributed by atoms with Crippen LogP contribution in [0.3, 0.4) is 0 Å². The number of aromatic nitrogens is 2. The van der Waals surface area contributed by atoms with E-state index in [2.05, 4.69) is 27.0 Å². The molecule has 2 atom stereocenters. The van der Waals surface area contributed by atoms with Gasteiger partial charge >= 0.3 is 0 Å². The molecule has 2 aromatic rings. The van der Waals surface area contributed by atoms with Gasteiger partial charge in [0, 0.05) is 18.0 Å². The minimum absolute atomic E-state index is 0.360. The number of rotatable bonds is 1. The summed E-state index contributed by atoms with van der Waals surface area (Å²) in [5.74, 6) is 1.88. The molecule has 1 aliphatic carbocycles. The Kier molecular flexibility index (Phi) is 3.03. The van der Waals surface area contributed by atoms with Crippen LogP contribution >= 0.6 is 11.6 Å². The Bertz CT molecular complexity index is 643. The standard InChI is InChI=1S/C16H18ClN3/c17-16-18-13-8-2-1-7-12(13)15(19-16)20-10-4-6-11-5-3-9-14(11)20/h1-2,7-8,11,14H,3-6,9-10H2. The van der Waals surface area contributed by atoms with E-state index in [0.29, 0.717) is 11.3 Å². The molecule has 0 bridgehead atoms. The average Bonchev–Trinajstić information content (AvgIpc) is 2.94. The Morgan fingerprint density at radius 1 is 1.05 bits per heavy atom. The molecule has 2 aliphatic rings. The minimum Gasteiger partial charge on any atom is -0.353 e. The van der Waals surface area contributed by atoms with Crippen molar-refractivity contribution >= 4 is 28.3 Å². The first-order valence-corrected chi connectivity index (χ1v) is 7.89. The summed E-state index contributed by atoms with van der Waals surface area (Å²) in [5, 5.41) is 1.49. The van der Waals surface area contributed by atoms with Gasteiger partial charge in [0.05, 0.1) is 5.52 Å². The summed E-state index contributed by atoms with van der Waals surface area (Å²) in [4.78, 5) is 11.4. The van der Waals surface area contributed by atoms with Crippen LogP contribution in [-0.2, 0) is 0 Å². The van der Waals surface area contributed by atoms with Gasteiger partial charge in [-0.1, -0.05) is 18.6 Å². The van der Waals surface area contributed by atoms with E-state index in [1.54, 1.807) is 0 Å². The highest BCUT2D eigenvalue weighted by Gasteiger charge is 2.36. The van der Waals surface area contributed by atoms with Crippen molar-refractivity contribution in [1.82, 2.24) is 9.97 Å². The summed E-state index contributed by atoms with van der Waals surface area (Å²) >= 11 is 6.14. The first-order valence-electron chi connectivity index (χ1n) is 7.52. The first-order chi connectivity index (χ1) is 9.83. The number of fused-ring (bicyclic) bond motifs is 2. The molecular weight excluding hydrogens is 270 g/mol. The Morgan fingerprint density at radius 2 is 1.90 bits per heavy atom. The highest BCUT2D eigenvalue weighted by atomic mass is 35.5. The number of hydrogen-bond donors (Lipinski definition) is 0. The van der Waals surface area contributed by atoms with E-state index >= 15 is 0 Å². The molecule has 0 radical (unpaired) electrons. The van der Waals surface area contributed by atoms with Crippen molar-refractivity contribution in [3.63, 3.8) is 0 Å². The Labute approximate surface area is 124 Å². The van der Waals surface area contributed by atoms with E-state index in [9.17, 15) is 0 Å². The second-order valence-corrected chi connectivity index (χ2v) is 6.27. The van der Waals surface area contributed by atoms with Crippen molar-refractivity contribution in [2.45, 2.75) is 38.1 Å². The Morgan fingerprint density at radius 3 is 2.85 bits per heavy atom. The lowest BCUT2D eigenvalue weighted by atomic mass is 9.92. The minimum atomic E-state index is 0.360. The highest BCUT2D eigenvalue weighted by molar-refractivity contribution is 6.28. The molecular formula is C16H18ClN3. The van der Waals surface area contributed by atoms with Gasteiger partial charge in [0.15, 0.2) is 0 Å². The molecule has 0 N–H and O–H groups in total. The molecule has 2 heterocycles. The molecule has 2 unspecified atom stereocenters. The summed E-state index contributed by atoms with van der Waals surface area (Å²) in [6.45, 7) is 1.10. The van der Waals surface area contributed by atoms with Crippen molar-refractivity contribution < 1.29 is 0 Å². The lowest BCUT2D eigenvalue weighted by Gasteiger charge is -2.39. The molecule has 104 valence electrons. The summed E-state index contributed by atoms with van der Waals surface area (Å²) in [7, 11) is 0. The maximum Gasteiger partial charge on any atom is 0.224 e. The van der Waals surface area contributed by atoms with Crippen LogP contribution in [0.5, 0.6) is 0 Å². The third kappa shape index (κ3) is 1.96. The topological polar surface area (TPSA) is 29.0 Å². The van der Waals surface area contributed by atoms with E-state index in [1.807, 2.05) is 12.1 Å². The number of hydrogen-bond acceptors (Lipinski definition) is 3. The average molecular weight is 288 g/mol. The van der Waals surface area contributed by atoms with Crippen molar-refractivity contribution in [3.05, 3.63) is 29.5 Å². The van der Waals surface area contributed by atoms with Crippen molar-refractivity contribution in [1.29, 1.82) is 0 Å². The summed E-state index contributed by atoms with van der Waals surface area (Å²) in [6.07, 6.45) is 6.65. The van der Waals surface area contributed by atoms with Crippen LogP contribution in [0.4, 0.5) is 5.82 Å². The van der Waals surface area contributed by atoms with E-state index in [1.165, 1.54) is 32.1 Å². The fourth-order valence-corrected chi connectivity index (χ4v) is 4.14. The number of nitrogens with zero attached hydrogens (tertiary/aromatic N) is 3. The largest absolute Gasteiger partial charge is 0.353 e. The predicted molar refractivity (Wildman–Crippen MR) is 82.3 cm³/mol. The monoisotopic (exact) mass is 287 g/mol. The van der Waals surface area contributed by atoms with Gasteiger partial charge in [-0.25, -0.2) is 4.98 Å². The number of para-hydroxylation sites is 1. The molecule has 1 aliphatic heterocycles. The SMILES string of the molecule is Clc1nc(N2CCCC3CCCC32)c2ccccc2n1. The quantitative estimate of drug-likeness (QED) is 0.741. The molecule has 0 spiro atoms. The van der Waals surface area contributed by atoms with E-state index < -0.39 is 0 Å². The van der Waals surface area contributed by atoms with Gasteiger partial charge in [-0.05, 0) is 55.3 Å². The fourth-order valence-electron chi connectivity index (χ4n) is 3.97. The van der Waals surface area contributed by atoms with Crippen LogP contribution in [0.25, 0.3) is 10.9 Å². The second kappa shape index (κ2) is 4.88. The van der Waals surface area contributed by atoms with Gasteiger partial charge in [0.25, 0.3) is 0 Å². The molecule has 1 saturated heterocycles. The smallest absolute Gasteiger partial charge is 0.224 e. The zero-order chi connectivity index (χ0) is 13.5. The van der Waals surface area contributed by atoms with Crippen LogP contribution < -0.4 is 4.90 Å². The number of piperidine rings is 1. The summed E-state index contributed by atoms with van der Waals surface area (Å²) < 4.78 is 0. The zero-order valence-electron chi connectivity index (χ0n) is 11.4. The Hall–Kier alpha value is -1.35. The van der Waals surface area contributed by atoms with Crippen LogP contribution in [-0.4, -0.2) is 22.6 Å². The molecule has 3 nitrogen and oxygen atoms in total. The second-order valence-electron chi connectivity index (χ2n) is 5.93. The molecule has 1 aromatic heterocycles. The molecule has 20 heavy (non-hydrogen) atoms. The summed E-state index contributed by atoms with van der Waals surface area (Å²) in [5.41, 5.74) is 0.947. The van der Waals surface area contributed by atoms with E-state index in [0.717, 1.165) is 29.2 Å². The van der Waals surface area contributed by atoms with Gasteiger partial charge in [0.2, 0.25) is 5.28 Å². The molecule has 4 heteroatoms. The fraction of sp³-hybridized carbons (Fsp3) is 0.500. The lowest BCUT2D eigenvalue weighted by Crippen LogP contribution is -2.43. The van der Waals surface area contributed by atoms with Crippen LogP contribution in [0.1, 0.15) is 32.1 Å². The maximum absolute atomic E-state index is 6.14. The first kappa shape index (κ1) is 12.4. The van der Waals surface area contributed by atoms with Crippen LogP contribution in [0.15, 0.2) is 24.3 Å². The zero-order valence-corrected chi connectivity index (χ0v) is 12.2. The molecule has 1 saturated carbocycles. The Balaban J connectivity index is 1.84. The van der Waals surface area contributed by atoms with Crippen LogP contribution in [0, 0.1) is 5.92 Å². The summed E-state index contributed by atoms with van der Waals surface area (Å²) in [6, 6.07) is 8.84. The number of anilines is 1. The highest BCUT2D eigenvalue weighted by Crippen LogP contribution is 2.40. The van der Waals surface area contributed by atoms with E-state index in [-0.39, 0.29) is 0 Å². The van der Waals surface area contributed by atoms with Gasteiger partial charge < -0.3 is 4.90 Å². The van der Waals surface area contributed by atoms with Gasteiger partial charge in [-0.15, -0.1) is 0 Å². The molecule has 1 aromatic carbocycles. The molecule has 2 fully saturated rings. The maximum atomic E-state index is 6.14. The van der Waals surface area contributed by atoms with Crippen LogP contribution in [0.2, 0.25) is 5.28 Å². The number of benzene rings is 1. The normalized spacial score (nSPS) is 25.9. The third-order valence-corrected chi connectivity index (χ3v) is 4.99. The van der Waals surface area contributed by atoms with Crippen molar-refractivity contribution in [2.24, 2.45) is 5.92 Å². The van der Waals surface area contributed by atoms with E-state index in [4.69, 9.17) is 11.6 Å². The number of halogens is 1. The van der Waals surface area contributed by atoms with Crippen molar-refractivity contribution in [2.75, 3.05) is 11.4 Å². The molecule has 0 amide bonds. The third-order valence-electron chi connectivity index (χ3n) is 4.82. The van der Waals surface area contributed by atoms with Gasteiger partial charge in [-0.3, -0.25) is 0 Å². The van der Waals surface area contributed by atoms with Crippen molar-refractivity contribution in [3.8, 4) is 0 Å².